The minimum absolute atomic E-state index is 0.565. The summed E-state index contributed by atoms with van der Waals surface area (Å²) < 4.78 is 0. The molecule has 0 radical (unpaired) electrons. The zero-order chi connectivity index (χ0) is 62.1. The summed E-state index contributed by atoms with van der Waals surface area (Å²) in [6, 6.07) is 113. The lowest BCUT2D eigenvalue weighted by molar-refractivity contribution is 1.07. The Kier molecular flexibility index (Phi) is 13.1. The molecule has 436 valence electrons. The molecule has 0 aliphatic heterocycles. The Balaban J connectivity index is 0.871. The highest BCUT2D eigenvalue weighted by Gasteiger charge is 2.22. The van der Waals surface area contributed by atoms with Crippen LogP contribution < -0.4 is 0 Å². The molecule has 18 rings (SSSR count). The van der Waals surface area contributed by atoms with Gasteiger partial charge in [0.1, 0.15) is 0 Å². The zero-order valence-electron chi connectivity index (χ0n) is 50.7. The van der Waals surface area contributed by atoms with Crippen LogP contribution in [0.15, 0.2) is 322 Å². The van der Waals surface area contributed by atoms with Crippen molar-refractivity contribution in [3.8, 4) is 113 Å². The van der Waals surface area contributed by atoms with Crippen LogP contribution in [-0.4, -0.2) is 34.9 Å². The standard InChI is InChI=1S/C87H53N7/c1-5-21-54(22-6-1)79-53-80(55-23-7-2-8-24-55)89-83(88-79)59-39-37-56(38-40-59)81-78-52-64(62-45-47-73-69-33-15-13-29-65(69)67-31-17-19-35-71(67)76(73)49-62)51-75(63-46-48-74-70-34-16-14-30-66(70)68-32-18-20-36-72(68)77(74)50-63)82(78)91-84(90-81)60-41-43-61(44-42-60)87-93-85(57-25-9-3-10-26-57)92-86(94-87)58-27-11-4-12-28-58/h1-53H. The molecule has 0 spiro atoms. The molecule has 7 heteroatoms. The van der Waals surface area contributed by atoms with E-state index in [1.54, 1.807) is 0 Å². The average molecular weight is 1200 g/mol. The van der Waals surface area contributed by atoms with Crippen LogP contribution in [0.5, 0.6) is 0 Å². The molecule has 3 aromatic heterocycles. The Morgan fingerprint density at radius 2 is 0.436 bits per heavy atom. The summed E-state index contributed by atoms with van der Waals surface area (Å²) >= 11 is 0. The van der Waals surface area contributed by atoms with Crippen molar-refractivity contribution >= 4 is 75.5 Å². The lowest BCUT2D eigenvalue weighted by atomic mass is 9.88. The van der Waals surface area contributed by atoms with Gasteiger partial charge in [-0.05, 0) is 112 Å². The number of rotatable bonds is 10. The quantitative estimate of drug-likeness (QED) is 0.126. The largest absolute Gasteiger partial charge is 0.228 e. The van der Waals surface area contributed by atoms with E-state index in [1.165, 1.54) is 64.6 Å². The minimum Gasteiger partial charge on any atom is -0.228 e. The second-order valence-electron chi connectivity index (χ2n) is 23.9. The lowest BCUT2D eigenvalue weighted by Crippen LogP contribution is -2.00. The third-order valence-corrected chi connectivity index (χ3v) is 18.3. The molecule has 0 aliphatic rings. The molecule has 15 aromatic carbocycles. The molecular formula is C87H53N7. The van der Waals surface area contributed by atoms with E-state index in [-0.39, 0.29) is 0 Å². The van der Waals surface area contributed by atoms with Gasteiger partial charge in [0.2, 0.25) is 0 Å². The first-order valence-corrected chi connectivity index (χ1v) is 31.7. The van der Waals surface area contributed by atoms with Crippen molar-refractivity contribution in [1.29, 1.82) is 0 Å². The third kappa shape index (κ3) is 9.58. The van der Waals surface area contributed by atoms with E-state index in [9.17, 15) is 0 Å². The average Bonchev–Trinajstić information content (AvgIpc) is 0.747. The van der Waals surface area contributed by atoms with Crippen LogP contribution in [0, 0.1) is 0 Å². The highest BCUT2D eigenvalue weighted by atomic mass is 15.0. The monoisotopic (exact) mass is 1200 g/mol. The number of benzene rings is 15. The van der Waals surface area contributed by atoms with E-state index in [0.29, 0.717) is 29.1 Å². The van der Waals surface area contributed by atoms with Crippen molar-refractivity contribution < 1.29 is 0 Å². The highest BCUT2D eigenvalue weighted by Crippen LogP contribution is 2.45. The molecular weight excluding hydrogens is 1140 g/mol. The van der Waals surface area contributed by atoms with Gasteiger partial charge in [0.25, 0.3) is 0 Å². The molecule has 3 heterocycles. The molecule has 0 saturated carbocycles. The topological polar surface area (TPSA) is 90.2 Å². The normalized spacial score (nSPS) is 11.6. The van der Waals surface area contributed by atoms with Crippen molar-refractivity contribution in [2.24, 2.45) is 0 Å². The fraction of sp³-hybridized carbons (Fsp3) is 0. The molecule has 0 unspecified atom stereocenters. The van der Waals surface area contributed by atoms with Gasteiger partial charge >= 0.3 is 0 Å². The molecule has 0 fully saturated rings. The van der Waals surface area contributed by atoms with Crippen molar-refractivity contribution in [2.45, 2.75) is 0 Å². The van der Waals surface area contributed by atoms with Crippen LogP contribution in [0.1, 0.15) is 0 Å². The summed E-state index contributed by atoms with van der Waals surface area (Å²) in [4.78, 5) is 37.0. The third-order valence-electron chi connectivity index (χ3n) is 18.3. The summed E-state index contributed by atoms with van der Waals surface area (Å²) in [6.07, 6.45) is 0. The van der Waals surface area contributed by atoms with Gasteiger partial charge in [0.05, 0.1) is 22.6 Å². The van der Waals surface area contributed by atoms with Gasteiger partial charge in [-0.25, -0.2) is 34.9 Å². The number of nitrogens with zero attached hydrogens (tertiary/aromatic N) is 7. The summed E-state index contributed by atoms with van der Waals surface area (Å²) in [5.74, 6) is 2.96. The predicted molar refractivity (Wildman–Crippen MR) is 388 cm³/mol. The molecule has 0 amide bonds. The smallest absolute Gasteiger partial charge is 0.164 e. The molecule has 0 bridgehead atoms. The SMILES string of the molecule is c1ccc(-c2cc(-c3ccccc3)nc(-c3ccc(-c4nc(-c5ccc(-c6nc(-c7ccccc7)nc(-c7ccccc7)n6)cc5)nc5c(-c6ccc7c8ccccc8c8ccccc8c7c6)cc(-c6ccc7c8ccccc8c8ccccc8c7c6)cc45)cc3)n2)cc1. The van der Waals surface area contributed by atoms with Gasteiger partial charge in [0.15, 0.2) is 29.1 Å². The fourth-order valence-corrected chi connectivity index (χ4v) is 13.7. The van der Waals surface area contributed by atoms with Crippen LogP contribution in [0.3, 0.4) is 0 Å². The predicted octanol–water partition coefficient (Wildman–Crippen LogP) is 22.2. The van der Waals surface area contributed by atoms with E-state index in [2.05, 4.69) is 224 Å². The first-order valence-electron chi connectivity index (χ1n) is 31.7. The summed E-state index contributed by atoms with van der Waals surface area (Å²) in [5.41, 5.74) is 14.8. The lowest BCUT2D eigenvalue weighted by Gasteiger charge is -2.17. The van der Waals surface area contributed by atoms with Gasteiger partial charge in [-0.3, -0.25) is 0 Å². The van der Waals surface area contributed by atoms with Crippen LogP contribution in [-0.2, 0) is 0 Å². The maximum absolute atomic E-state index is 5.74. The van der Waals surface area contributed by atoms with Crippen LogP contribution in [0.2, 0.25) is 0 Å². The Labute approximate surface area is 541 Å². The zero-order valence-corrected chi connectivity index (χ0v) is 50.7. The van der Waals surface area contributed by atoms with Crippen molar-refractivity contribution in [2.75, 3.05) is 0 Å². The molecule has 18 aromatic rings. The van der Waals surface area contributed by atoms with E-state index in [4.69, 9.17) is 34.9 Å². The summed E-state index contributed by atoms with van der Waals surface area (Å²) in [6.45, 7) is 0. The molecule has 0 atom stereocenters. The number of hydrogen-bond acceptors (Lipinski definition) is 7. The van der Waals surface area contributed by atoms with Gasteiger partial charge in [-0.15, -0.1) is 0 Å². The number of aromatic nitrogens is 7. The molecule has 0 saturated heterocycles. The van der Waals surface area contributed by atoms with Gasteiger partial charge < -0.3 is 0 Å². The van der Waals surface area contributed by atoms with E-state index in [1.807, 2.05) is 97.1 Å². The Hall–Kier alpha value is -12.7. The van der Waals surface area contributed by atoms with Gasteiger partial charge in [0, 0.05) is 55.5 Å². The van der Waals surface area contributed by atoms with Crippen LogP contribution in [0.25, 0.3) is 189 Å². The molecule has 0 N–H and O–H groups in total. The maximum Gasteiger partial charge on any atom is 0.164 e. The molecule has 7 nitrogen and oxygen atoms in total. The first-order chi connectivity index (χ1) is 46.6. The van der Waals surface area contributed by atoms with Crippen LogP contribution in [0.4, 0.5) is 0 Å². The summed E-state index contributed by atoms with van der Waals surface area (Å²) in [7, 11) is 0. The van der Waals surface area contributed by atoms with Crippen molar-refractivity contribution in [3.05, 3.63) is 322 Å². The van der Waals surface area contributed by atoms with Gasteiger partial charge in [-0.1, -0.05) is 291 Å². The molecule has 94 heavy (non-hydrogen) atoms. The van der Waals surface area contributed by atoms with E-state index < -0.39 is 0 Å². The van der Waals surface area contributed by atoms with Crippen molar-refractivity contribution in [3.63, 3.8) is 0 Å². The Morgan fingerprint density at radius 1 is 0.149 bits per heavy atom. The second-order valence-corrected chi connectivity index (χ2v) is 23.9. The summed E-state index contributed by atoms with van der Waals surface area (Å²) in [5, 5.41) is 15.5. The van der Waals surface area contributed by atoms with Crippen molar-refractivity contribution in [1.82, 2.24) is 34.9 Å². The minimum atomic E-state index is 0.565. The maximum atomic E-state index is 5.74. The Bertz CT molecular complexity index is 5820. The van der Waals surface area contributed by atoms with Crippen LogP contribution >= 0.6 is 0 Å². The van der Waals surface area contributed by atoms with Gasteiger partial charge in [-0.2, -0.15) is 0 Å². The van der Waals surface area contributed by atoms with E-state index >= 15 is 0 Å². The second kappa shape index (κ2) is 22.6. The molecule has 0 aliphatic carbocycles. The number of hydrogen-bond donors (Lipinski definition) is 0. The fourth-order valence-electron chi connectivity index (χ4n) is 13.7. The number of fused-ring (bicyclic) bond motifs is 13. The first kappa shape index (κ1) is 54.2. The highest BCUT2D eigenvalue weighted by molar-refractivity contribution is 6.27. The Morgan fingerprint density at radius 3 is 0.851 bits per heavy atom. The van der Waals surface area contributed by atoms with E-state index in [0.717, 1.165) is 94.7 Å².